The molecule has 1 aromatic heterocycles. The van der Waals surface area contributed by atoms with E-state index in [1.165, 1.54) is 17.2 Å². The average molecular weight is 258 g/mol. The number of hydrogen-bond acceptors (Lipinski definition) is 5. The lowest BCUT2D eigenvalue weighted by molar-refractivity contribution is 0.0666. The molecule has 0 aliphatic carbocycles. The molecule has 94 valence electrons. The lowest BCUT2D eigenvalue weighted by atomic mass is 10.2. The molecule has 1 aromatic rings. The number of carbonyl (C=O) groups is 1. The van der Waals surface area contributed by atoms with Crippen molar-refractivity contribution in [1.29, 1.82) is 0 Å². The molecule has 6 nitrogen and oxygen atoms in total. The monoisotopic (exact) mass is 258 g/mol. The van der Waals surface area contributed by atoms with E-state index in [0.29, 0.717) is 13.0 Å². The Labute approximate surface area is 99.5 Å². The van der Waals surface area contributed by atoms with Crippen LogP contribution in [0.5, 0.6) is 0 Å². The summed E-state index contributed by atoms with van der Waals surface area (Å²) in [6, 6.07) is 1.23. The van der Waals surface area contributed by atoms with E-state index >= 15 is 0 Å². The standard InChI is InChI=1S/C10H14N2O4S/c1-2-12(8-4-6-17(14,15)7-8)10(13)9-3-5-11-16-9/h3,5,8H,2,4,6-7H2,1H3. The van der Waals surface area contributed by atoms with Crippen LogP contribution in [-0.2, 0) is 9.84 Å². The van der Waals surface area contributed by atoms with Gasteiger partial charge in [0.15, 0.2) is 9.84 Å². The summed E-state index contributed by atoms with van der Waals surface area (Å²) in [7, 11) is -2.99. The zero-order valence-electron chi connectivity index (χ0n) is 9.50. The van der Waals surface area contributed by atoms with Gasteiger partial charge in [0.25, 0.3) is 5.91 Å². The number of rotatable bonds is 3. The van der Waals surface area contributed by atoms with Gasteiger partial charge in [-0.15, -0.1) is 0 Å². The van der Waals surface area contributed by atoms with Gasteiger partial charge in [0.05, 0.1) is 17.7 Å². The first kappa shape index (κ1) is 12.1. The summed E-state index contributed by atoms with van der Waals surface area (Å²) in [6.45, 7) is 2.28. The van der Waals surface area contributed by atoms with E-state index in [1.54, 1.807) is 0 Å². The first-order valence-electron chi connectivity index (χ1n) is 5.45. The van der Waals surface area contributed by atoms with Gasteiger partial charge in [-0.2, -0.15) is 0 Å². The van der Waals surface area contributed by atoms with Crippen LogP contribution in [0.3, 0.4) is 0 Å². The smallest absolute Gasteiger partial charge is 0.292 e. The molecular formula is C10H14N2O4S. The minimum atomic E-state index is -2.99. The summed E-state index contributed by atoms with van der Waals surface area (Å²) < 4.78 is 27.6. The van der Waals surface area contributed by atoms with Gasteiger partial charge >= 0.3 is 0 Å². The van der Waals surface area contributed by atoms with Crippen LogP contribution in [-0.4, -0.2) is 48.5 Å². The summed E-state index contributed by atoms with van der Waals surface area (Å²) in [6.07, 6.45) is 1.89. The normalized spacial score (nSPS) is 22.5. The molecule has 0 spiro atoms. The van der Waals surface area contributed by atoms with Gasteiger partial charge in [-0.3, -0.25) is 4.79 Å². The van der Waals surface area contributed by atoms with Crippen LogP contribution >= 0.6 is 0 Å². The summed E-state index contributed by atoms with van der Waals surface area (Å²) in [5.74, 6) is 0.0433. The Morgan fingerprint density at radius 3 is 2.88 bits per heavy atom. The van der Waals surface area contributed by atoms with Crippen molar-refractivity contribution in [3.05, 3.63) is 18.0 Å². The highest BCUT2D eigenvalue weighted by atomic mass is 32.2. The SMILES string of the molecule is CCN(C(=O)c1ccno1)C1CCS(=O)(=O)C1. The number of aromatic nitrogens is 1. The zero-order chi connectivity index (χ0) is 12.5. The second-order valence-corrected chi connectivity index (χ2v) is 6.25. The van der Waals surface area contributed by atoms with E-state index in [9.17, 15) is 13.2 Å². The molecule has 1 amide bonds. The van der Waals surface area contributed by atoms with E-state index in [-0.39, 0.29) is 29.2 Å². The van der Waals surface area contributed by atoms with Crippen molar-refractivity contribution in [1.82, 2.24) is 10.1 Å². The summed E-state index contributed by atoms with van der Waals surface area (Å²) in [5.41, 5.74) is 0. The number of sulfone groups is 1. The Morgan fingerprint density at radius 2 is 2.41 bits per heavy atom. The number of nitrogens with zero attached hydrogens (tertiary/aromatic N) is 2. The van der Waals surface area contributed by atoms with E-state index in [4.69, 9.17) is 4.52 Å². The molecular weight excluding hydrogens is 244 g/mol. The van der Waals surface area contributed by atoms with Gasteiger partial charge < -0.3 is 9.42 Å². The van der Waals surface area contributed by atoms with Crippen molar-refractivity contribution in [3.63, 3.8) is 0 Å². The van der Waals surface area contributed by atoms with E-state index in [1.807, 2.05) is 6.92 Å². The van der Waals surface area contributed by atoms with Crippen molar-refractivity contribution in [3.8, 4) is 0 Å². The Hall–Kier alpha value is -1.37. The lowest BCUT2D eigenvalue weighted by Gasteiger charge is -2.25. The van der Waals surface area contributed by atoms with Gasteiger partial charge in [-0.1, -0.05) is 5.16 Å². The Morgan fingerprint density at radius 1 is 1.65 bits per heavy atom. The summed E-state index contributed by atoms with van der Waals surface area (Å²) in [4.78, 5) is 13.6. The fourth-order valence-electron chi connectivity index (χ4n) is 2.06. The van der Waals surface area contributed by atoms with Crippen molar-refractivity contribution in [2.75, 3.05) is 18.1 Å². The lowest BCUT2D eigenvalue weighted by Crippen LogP contribution is -2.40. The highest BCUT2D eigenvalue weighted by Gasteiger charge is 2.35. The Bertz CT molecular complexity index is 494. The molecule has 0 radical (unpaired) electrons. The maximum Gasteiger partial charge on any atom is 0.292 e. The van der Waals surface area contributed by atoms with Crippen molar-refractivity contribution >= 4 is 15.7 Å². The zero-order valence-corrected chi connectivity index (χ0v) is 10.3. The fraction of sp³-hybridized carbons (Fsp3) is 0.600. The first-order chi connectivity index (χ1) is 8.03. The molecule has 2 rings (SSSR count). The molecule has 1 atom stereocenters. The van der Waals surface area contributed by atoms with Crippen LogP contribution in [0.4, 0.5) is 0 Å². The molecule has 1 unspecified atom stereocenters. The highest BCUT2D eigenvalue weighted by Crippen LogP contribution is 2.19. The maximum atomic E-state index is 12.0. The van der Waals surface area contributed by atoms with Crippen LogP contribution < -0.4 is 0 Å². The third kappa shape index (κ3) is 2.49. The van der Waals surface area contributed by atoms with Crippen LogP contribution in [0, 0.1) is 0 Å². The molecule has 0 bridgehead atoms. The average Bonchev–Trinajstić information content (AvgIpc) is 2.88. The van der Waals surface area contributed by atoms with Crippen molar-refractivity contribution in [2.45, 2.75) is 19.4 Å². The van der Waals surface area contributed by atoms with Crippen LogP contribution in [0.2, 0.25) is 0 Å². The van der Waals surface area contributed by atoms with E-state index in [0.717, 1.165) is 0 Å². The predicted molar refractivity (Wildman–Crippen MR) is 60.3 cm³/mol. The van der Waals surface area contributed by atoms with Crippen LogP contribution in [0.15, 0.2) is 16.8 Å². The molecule has 1 aliphatic heterocycles. The fourth-order valence-corrected chi connectivity index (χ4v) is 3.79. The van der Waals surface area contributed by atoms with Crippen molar-refractivity contribution in [2.24, 2.45) is 0 Å². The molecule has 1 aliphatic rings. The molecule has 0 N–H and O–H groups in total. The third-order valence-electron chi connectivity index (χ3n) is 2.90. The number of amides is 1. The maximum absolute atomic E-state index is 12.0. The van der Waals surface area contributed by atoms with Gasteiger partial charge in [0.2, 0.25) is 5.76 Å². The molecule has 7 heteroatoms. The minimum absolute atomic E-state index is 0.0424. The molecule has 1 fully saturated rings. The molecule has 0 aromatic carbocycles. The van der Waals surface area contributed by atoms with Crippen molar-refractivity contribution < 1.29 is 17.7 Å². The van der Waals surface area contributed by atoms with Gasteiger partial charge in [0, 0.05) is 18.7 Å². The van der Waals surface area contributed by atoms with Gasteiger partial charge in [-0.05, 0) is 13.3 Å². The second kappa shape index (κ2) is 4.48. The van der Waals surface area contributed by atoms with E-state index in [2.05, 4.69) is 5.16 Å². The Kier molecular flexibility index (Phi) is 3.19. The first-order valence-corrected chi connectivity index (χ1v) is 7.27. The van der Waals surface area contributed by atoms with Crippen LogP contribution in [0.25, 0.3) is 0 Å². The number of carbonyl (C=O) groups excluding carboxylic acids is 1. The van der Waals surface area contributed by atoms with Gasteiger partial charge in [-0.25, -0.2) is 8.42 Å². The van der Waals surface area contributed by atoms with Crippen LogP contribution in [0.1, 0.15) is 23.9 Å². The second-order valence-electron chi connectivity index (χ2n) is 4.02. The largest absolute Gasteiger partial charge is 0.351 e. The highest BCUT2D eigenvalue weighted by molar-refractivity contribution is 7.91. The molecule has 1 saturated heterocycles. The Balaban J connectivity index is 2.15. The summed E-state index contributed by atoms with van der Waals surface area (Å²) >= 11 is 0. The molecule has 17 heavy (non-hydrogen) atoms. The number of hydrogen-bond donors (Lipinski definition) is 0. The summed E-state index contributed by atoms with van der Waals surface area (Å²) in [5, 5.41) is 3.47. The predicted octanol–water partition coefficient (Wildman–Crippen LogP) is 0.324. The topological polar surface area (TPSA) is 80.5 Å². The third-order valence-corrected chi connectivity index (χ3v) is 4.65. The molecule has 2 heterocycles. The molecule has 0 saturated carbocycles. The quantitative estimate of drug-likeness (QED) is 0.780. The minimum Gasteiger partial charge on any atom is -0.351 e. The van der Waals surface area contributed by atoms with Gasteiger partial charge in [0.1, 0.15) is 0 Å². The van der Waals surface area contributed by atoms with E-state index < -0.39 is 9.84 Å².